The minimum atomic E-state index is -0.396. The van der Waals surface area contributed by atoms with Gasteiger partial charge in [-0.15, -0.1) is 0 Å². The van der Waals surface area contributed by atoms with E-state index in [1.165, 1.54) is 41.0 Å². The molecule has 0 spiro atoms. The van der Waals surface area contributed by atoms with Crippen LogP contribution in [0.15, 0.2) is 127 Å². The van der Waals surface area contributed by atoms with Gasteiger partial charge in [-0.05, 0) is 186 Å². The van der Waals surface area contributed by atoms with Crippen molar-refractivity contribution in [3.63, 3.8) is 0 Å². The van der Waals surface area contributed by atoms with Gasteiger partial charge in [-0.25, -0.2) is 8.78 Å². The lowest BCUT2D eigenvalue weighted by Crippen LogP contribution is -2.25. The van der Waals surface area contributed by atoms with Crippen LogP contribution in [0, 0.1) is 18.6 Å². The maximum atomic E-state index is 13.3. The molecule has 1 saturated heterocycles. The summed E-state index contributed by atoms with van der Waals surface area (Å²) in [7, 11) is 0. The van der Waals surface area contributed by atoms with E-state index in [0.717, 1.165) is 144 Å². The van der Waals surface area contributed by atoms with E-state index in [0.29, 0.717) is 0 Å². The lowest BCUT2D eigenvalue weighted by molar-refractivity contribution is -0.125. The molecule has 0 atom stereocenters. The highest BCUT2D eigenvalue weighted by atomic mass is 35.5. The first-order valence-electron chi connectivity index (χ1n) is 22.3. The zero-order chi connectivity index (χ0) is 46.7. The molecule has 5 aromatic rings. The summed E-state index contributed by atoms with van der Waals surface area (Å²) in [5, 5.41) is 3.58. The van der Waals surface area contributed by atoms with Gasteiger partial charge in [0.15, 0.2) is 0 Å². The third-order valence-corrected chi connectivity index (χ3v) is 12.7. The zero-order valence-corrected chi connectivity index (χ0v) is 37.7. The average molecular weight is 908 g/mol. The van der Waals surface area contributed by atoms with E-state index < -0.39 is 5.91 Å². The number of primary amides is 2. The minimum Gasteiger partial charge on any atom is -0.366 e. The van der Waals surface area contributed by atoms with Gasteiger partial charge in [0.25, 0.3) is 0 Å². The number of allylic oxidation sites excluding steroid dienone is 4. The lowest BCUT2D eigenvalue weighted by Gasteiger charge is -2.13. The van der Waals surface area contributed by atoms with Crippen molar-refractivity contribution in [2.24, 2.45) is 11.5 Å². The number of aryl methyl sites for hydroxylation is 3. The average Bonchev–Trinajstić information content (AvgIpc) is 4.16. The SMILES string of the molecule is Cc1cccc2c1CC/C2=C\C(N)=O.NC(=O)/C=C1\CCc2c(Cl)cccc21.O=C(/C=C1\CCc2ccc(F)cc21)N1CCCC1.O=C(/C=C1\CCc2ccc(F)cc21)Nc1ccccc1. The number of halogens is 3. The van der Waals surface area contributed by atoms with Crippen LogP contribution in [0.1, 0.15) is 88.6 Å². The Morgan fingerprint density at radius 2 is 1.06 bits per heavy atom. The molecule has 0 aromatic heterocycles. The smallest absolute Gasteiger partial charge is 0.248 e. The fourth-order valence-corrected chi connectivity index (χ4v) is 9.42. The van der Waals surface area contributed by atoms with Crippen LogP contribution in [0.25, 0.3) is 22.3 Å². The van der Waals surface area contributed by atoms with Crippen LogP contribution in [-0.2, 0) is 44.9 Å². The van der Waals surface area contributed by atoms with E-state index in [2.05, 4.69) is 24.4 Å². The number of nitrogens with zero attached hydrogens (tertiary/aromatic N) is 1. The Morgan fingerprint density at radius 3 is 1.64 bits per heavy atom. The molecule has 4 aliphatic carbocycles. The summed E-state index contributed by atoms with van der Waals surface area (Å²) >= 11 is 6.03. The number of anilines is 1. The maximum Gasteiger partial charge on any atom is 0.248 e. The van der Waals surface area contributed by atoms with E-state index in [1.807, 2.05) is 65.6 Å². The number of fused-ring (bicyclic) bond motifs is 4. The van der Waals surface area contributed by atoms with Crippen molar-refractivity contribution in [2.45, 2.75) is 71.1 Å². The Morgan fingerprint density at radius 1 is 0.561 bits per heavy atom. The van der Waals surface area contributed by atoms with E-state index in [1.54, 1.807) is 30.4 Å². The molecule has 11 heteroatoms. The Balaban J connectivity index is 0.000000132. The first-order valence-corrected chi connectivity index (χ1v) is 22.7. The number of carbonyl (C=O) groups is 4. The number of rotatable bonds is 5. The van der Waals surface area contributed by atoms with Crippen LogP contribution in [0.5, 0.6) is 0 Å². The predicted octanol–water partition coefficient (Wildman–Crippen LogP) is 10.5. The third-order valence-electron chi connectivity index (χ3n) is 12.4. The highest BCUT2D eigenvalue weighted by Crippen LogP contribution is 2.37. The molecule has 0 saturated carbocycles. The molecule has 10 rings (SSSR count). The third kappa shape index (κ3) is 12.0. The van der Waals surface area contributed by atoms with Crippen molar-refractivity contribution in [3.8, 4) is 0 Å². The molecular formula is C55H53ClF2N4O4. The number of benzene rings is 5. The van der Waals surface area contributed by atoms with Crippen LogP contribution < -0.4 is 16.8 Å². The number of carbonyl (C=O) groups excluding carboxylic acids is 4. The summed E-state index contributed by atoms with van der Waals surface area (Å²) in [6.45, 7) is 3.82. The molecule has 0 bridgehead atoms. The number of nitrogens with one attached hydrogen (secondary N) is 1. The van der Waals surface area contributed by atoms with Crippen molar-refractivity contribution >= 4 is 63.2 Å². The molecule has 1 aliphatic heterocycles. The number of nitrogens with two attached hydrogens (primary N) is 2. The lowest BCUT2D eigenvalue weighted by atomic mass is 10.0. The van der Waals surface area contributed by atoms with Gasteiger partial charge in [-0.1, -0.05) is 72.3 Å². The first kappa shape index (κ1) is 47.1. The summed E-state index contributed by atoms with van der Waals surface area (Å²) in [6.07, 6.45) is 15.6. The molecule has 4 amide bonds. The van der Waals surface area contributed by atoms with Crippen molar-refractivity contribution in [2.75, 3.05) is 18.4 Å². The molecule has 66 heavy (non-hydrogen) atoms. The van der Waals surface area contributed by atoms with E-state index >= 15 is 0 Å². The Hall–Kier alpha value is -6.91. The summed E-state index contributed by atoms with van der Waals surface area (Å²) in [5.74, 6) is -1.33. The molecule has 0 unspecified atom stereocenters. The van der Waals surface area contributed by atoms with E-state index in [-0.39, 0.29) is 29.4 Å². The second-order valence-electron chi connectivity index (χ2n) is 16.8. The van der Waals surface area contributed by atoms with Gasteiger partial charge in [0.2, 0.25) is 23.6 Å². The molecule has 5 aliphatic rings. The molecule has 8 nitrogen and oxygen atoms in total. The van der Waals surface area contributed by atoms with E-state index in [4.69, 9.17) is 23.1 Å². The van der Waals surface area contributed by atoms with Crippen LogP contribution in [0.2, 0.25) is 5.02 Å². The van der Waals surface area contributed by atoms with Crippen LogP contribution in [-0.4, -0.2) is 41.6 Å². The number of likely N-dealkylation sites (tertiary alicyclic amines) is 1. The van der Waals surface area contributed by atoms with Crippen molar-refractivity contribution < 1.29 is 28.0 Å². The monoisotopic (exact) mass is 906 g/mol. The summed E-state index contributed by atoms with van der Waals surface area (Å²) in [6, 6.07) is 30.8. The topological polar surface area (TPSA) is 136 Å². The van der Waals surface area contributed by atoms with Gasteiger partial charge >= 0.3 is 0 Å². The molecule has 1 fully saturated rings. The molecular weight excluding hydrogens is 854 g/mol. The number of hydrogen-bond acceptors (Lipinski definition) is 4. The highest BCUT2D eigenvalue weighted by molar-refractivity contribution is 6.31. The summed E-state index contributed by atoms with van der Waals surface area (Å²) < 4.78 is 26.5. The fourth-order valence-electron chi connectivity index (χ4n) is 9.16. The maximum absolute atomic E-state index is 13.3. The first-order chi connectivity index (χ1) is 31.8. The normalized spacial score (nSPS) is 17.4. The second kappa shape index (κ2) is 21.8. The van der Waals surface area contributed by atoms with Gasteiger partial charge in [-0.3, -0.25) is 19.2 Å². The number of hydrogen-bond donors (Lipinski definition) is 3. The quantitative estimate of drug-likeness (QED) is 0.151. The van der Waals surface area contributed by atoms with Crippen molar-refractivity contribution in [1.82, 2.24) is 4.90 Å². The van der Waals surface area contributed by atoms with Gasteiger partial charge in [0.1, 0.15) is 11.6 Å². The van der Waals surface area contributed by atoms with Gasteiger partial charge < -0.3 is 21.7 Å². The Labute approximate surface area is 389 Å². The van der Waals surface area contributed by atoms with Crippen LogP contribution in [0.3, 0.4) is 0 Å². The molecule has 338 valence electrons. The predicted molar refractivity (Wildman–Crippen MR) is 260 cm³/mol. The van der Waals surface area contributed by atoms with Crippen LogP contribution in [0.4, 0.5) is 14.5 Å². The fraction of sp³-hybridized carbons (Fsp3) is 0.236. The largest absolute Gasteiger partial charge is 0.366 e. The van der Waals surface area contributed by atoms with Crippen molar-refractivity contribution in [1.29, 1.82) is 0 Å². The minimum absolute atomic E-state index is 0.0830. The molecule has 0 radical (unpaired) electrons. The highest BCUT2D eigenvalue weighted by Gasteiger charge is 2.23. The summed E-state index contributed by atoms with van der Waals surface area (Å²) in [4.78, 5) is 47.5. The van der Waals surface area contributed by atoms with Crippen molar-refractivity contribution in [3.05, 3.63) is 194 Å². The van der Waals surface area contributed by atoms with Crippen LogP contribution >= 0.6 is 11.6 Å². The Bertz CT molecular complexity index is 2710. The zero-order valence-electron chi connectivity index (χ0n) is 37.0. The van der Waals surface area contributed by atoms with Gasteiger partial charge in [-0.2, -0.15) is 0 Å². The number of para-hydroxylation sites is 1. The molecule has 5 N–H and O–H groups in total. The number of amides is 4. The van der Waals surface area contributed by atoms with E-state index in [9.17, 15) is 28.0 Å². The summed E-state index contributed by atoms with van der Waals surface area (Å²) in [5.41, 5.74) is 25.1. The molecule has 5 aromatic carbocycles. The standard InChI is InChI=1S/C17H14FNO.C15H16FNO.C12H13NO.C11H10ClNO/c18-14-9-8-12-6-7-13(16(12)11-14)10-17(20)19-15-4-2-1-3-5-15;16-13-6-5-11-3-4-12(14(11)10-13)9-15(18)17-7-1-2-8-17;1-8-3-2-4-11-9(7-12(13)14)5-6-10(8)11;12-10-3-1-2-8-7(6-11(13)14)4-5-9(8)10/h1-5,8-11H,6-7H2,(H,19,20);5-6,9-10H,1-4,7-8H2;2-4,7H,5-6H2,1H3,(H2,13,14);1-3,6H,4-5H2,(H2,13,14)/b13-10+;12-9+;9-7+;7-6+. The van der Waals surface area contributed by atoms with Gasteiger partial charge in [0.05, 0.1) is 0 Å². The molecule has 1 heterocycles. The van der Waals surface area contributed by atoms with Gasteiger partial charge in [0, 0.05) is 48.1 Å². The Kier molecular flexibility index (Phi) is 15.6. The second-order valence-corrected chi connectivity index (χ2v) is 17.2.